The molecule has 0 amide bonds. The highest BCUT2D eigenvalue weighted by molar-refractivity contribution is 6.36. The Labute approximate surface area is 237 Å². The number of aromatic nitrogens is 6. The van der Waals surface area contributed by atoms with Crippen LogP contribution in [0, 0.1) is 0 Å². The third-order valence-corrected chi connectivity index (χ3v) is 7.07. The Balaban J connectivity index is 1.42. The summed E-state index contributed by atoms with van der Waals surface area (Å²) in [7, 11) is 0. The van der Waals surface area contributed by atoms with Gasteiger partial charge < -0.3 is 10.1 Å². The van der Waals surface area contributed by atoms with Crippen molar-refractivity contribution in [2.45, 2.75) is 25.9 Å². The van der Waals surface area contributed by atoms with Gasteiger partial charge in [0.15, 0.2) is 11.6 Å². The lowest BCUT2D eigenvalue weighted by atomic mass is 10.1. The van der Waals surface area contributed by atoms with Crippen molar-refractivity contribution in [2.24, 2.45) is 0 Å². The van der Waals surface area contributed by atoms with Gasteiger partial charge in [0.05, 0.1) is 5.56 Å². The zero-order chi connectivity index (χ0) is 27.5. The fourth-order valence-corrected chi connectivity index (χ4v) is 4.81. The summed E-state index contributed by atoms with van der Waals surface area (Å²) >= 11 is 18.6. The van der Waals surface area contributed by atoms with Crippen LogP contribution < -0.4 is 5.69 Å². The third-order valence-electron chi connectivity index (χ3n) is 6.11. The Morgan fingerprint density at radius 2 is 1.62 bits per heavy atom. The number of hydrogen-bond donors (Lipinski definition) is 2. The van der Waals surface area contributed by atoms with E-state index in [1.807, 2.05) is 6.07 Å². The summed E-state index contributed by atoms with van der Waals surface area (Å²) in [6.07, 6.45) is 0.776. The Kier molecular flexibility index (Phi) is 7.83. The Bertz CT molecular complexity index is 1690. The number of nitrogens with zero attached hydrogens (tertiary/aromatic N) is 5. The maximum atomic E-state index is 13.5. The number of aromatic amines is 1. The first-order valence-corrected chi connectivity index (χ1v) is 13.0. The molecule has 0 aliphatic heterocycles. The zero-order valence-corrected chi connectivity index (χ0v) is 22.6. The zero-order valence-electron chi connectivity index (χ0n) is 20.3. The second-order valence-corrected chi connectivity index (χ2v) is 10.0. The molecule has 0 saturated heterocycles. The van der Waals surface area contributed by atoms with E-state index in [-0.39, 0.29) is 24.3 Å². The number of halogens is 3. The minimum atomic E-state index is -1.01. The highest BCUT2D eigenvalue weighted by atomic mass is 35.5. The summed E-state index contributed by atoms with van der Waals surface area (Å²) in [5.74, 6) is 0.432. The molecule has 2 N–H and O–H groups in total. The van der Waals surface area contributed by atoms with E-state index in [1.165, 1.54) is 10.7 Å². The largest absolute Gasteiger partial charge is 0.478 e. The van der Waals surface area contributed by atoms with Crippen molar-refractivity contribution < 1.29 is 9.90 Å². The number of benzene rings is 3. The summed E-state index contributed by atoms with van der Waals surface area (Å²) in [5.41, 5.74) is 2.06. The van der Waals surface area contributed by atoms with Gasteiger partial charge in [-0.25, -0.2) is 14.3 Å². The molecule has 0 bridgehead atoms. The summed E-state index contributed by atoms with van der Waals surface area (Å²) in [6, 6.07) is 18.9. The molecule has 198 valence electrons. The fourth-order valence-electron chi connectivity index (χ4n) is 4.16. The van der Waals surface area contributed by atoms with Crippen molar-refractivity contribution >= 4 is 40.8 Å². The van der Waals surface area contributed by atoms with Gasteiger partial charge in [0.1, 0.15) is 12.4 Å². The number of H-pyrrole nitrogens is 1. The third kappa shape index (κ3) is 6.06. The van der Waals surface area contributed by atoms with Gasteiger partial charge in [0.2, 0.25) is 0 Å². The van der Waals surface area contributed by atoms with Gasteiger partial charge >= 0.3 is 11.7 Å². The van der Waals surface area contributed by atoms with Crippen LogP contribution in [-0.4, -0.2) is 40.6 Å². The van der Waals surface area contributed by atoms with Crippen LogP contribution in [0.2, 0.25) is 15.1 Å². The Morgan fingerprint density at radius 1 is 0.923 bits per heavy atom. The number of carboxylic acids is 1. The molecule has 0 aliphatic rings. The molecule has 12 heteroatoms. The van der Waals surface area contributed by atoms with E-state index < -0.39 is 5.97 Å². The number of rotatable bonds is 9. The van der Waals surface area contributed by atoms with E-state index >= 15 is 0 Å². The predicted octanol–water partition coefficient (Wildman–Crippen LogP) is 5.37. The quantitative estimate of drug-likeness (QED) is 0.241. The lowest BCUT2D eigenvalue weighted by Crippen LogP contribution is -2.26. The van der Waals surface area contributed by atoms with Gasteiger partial charge in [-0.15, -0.1) is 15.3 Å². The average Bonchev–Trinajstić information content (AvgIpc) is 3.49. The van der Waals surface area contributed by atoms with Crippen LogP contribution >= 0.6 is 34.8 Å². The van der Waals surface area contributed by atoms with Crippen molar-refractivity contribution in [1.82, 2.24) is 29.5 Å². The van der Waals surface area contributed by atoms with Crippen molar-refractivity contribution in [3.63, 3.8) is 0 Å². The molecular formula is C27H21Cl3N6O3. The minimum Gasteiger partial charge on any atom is -0.478 e. The second kappa shape index (κ2) is 11.4. The van der Waals surface area contributed by atoms with Gasteiger partial charge in [0, 0.05) is 33.6 Å². The molecular weight excluding hydrogens is 563 g/mol. The van der Waals surface area contributed by atoms with E-state index in [1.54, 1.807) is 59.2 Å². The van der Waals surface area contributed by atoms with Crippen molar-refractivity contribution in [2.75, 3.05) is 0 Å². The van der Waals surface area contributed by atoms with E-state index in [9.17, 15) is 14.7 Å². The smallest absolute Gasteiger partial charge is 0.346 e. The van der Waals surface area contributed by atoms with Gasteiger partial charge in [-0.05, 0) is 66.1 Å². The van der Waals surface area contributed by atoms with Gasteiger partial charge in [-0.1, -0.05) is 53.0 Å². The first-order chi connectivity index (χ1) is 18.8. The summed E-state index contributed by atoms with van der Waals surface area (Å²) in [6.45, 7) is 0.344. The van der Waals surface area contributed by atoms with E-state index in [0.29, 0.717) is 50.9 Å². The molecule has 5 aromatic rings. The SMILES string of the molecule is O=C(O)c1cccc(CCn2c(-c3ccc(Cl)cc3)nn(Cc3nnc(Cc4c(Cl)cccc4Cl)[nH]3)c2=O)c1. The second-order valence-electron chi connectivity index (χ2n) is 8.77. The van der Waals surface area contributed by atoms with Crippen LogP contribution in [0.3, 0.4) is 0 Å². The fraction of sp³-hybridized carbons (Fsp3) is 0.148. The normalized spacial score (nSPS) is 11.2. The molecule has 0 radical (unpaired) electrons. The predicted molar refractivity (Wildman–Crippen MR) is 149 cm³/mol. The number of carboxylic acid groups (broad SMARTS) is 1. The summed E-state index contributed by atoms with van der Waals surface area (Å²) < 4.78 is 2.86. The molecule has 0 atom stereocenters. The van der Waals surface area contributed by atoms with Gasteiger partial charge in [0.25, 0.3) is 0 Å². The molecule has 3 aromatic carbocycles. The van der Waals surface area contributed by atoms with Crippen molar-refractivity contribution in [1.29, 1.82) is 0 Å². The number of carbonyl (C=O) groups is 1. The van der Waals surface area contributed by atoms with Crippen LogP contribution in [0.1, 0.15) is 33.1 Å². The molecule has 0 saturated carbocycles. The molecule has 39 heavy (non-hydrogen) atoms. The number of nitrogens with one attached hydrogen (secondary N) is 1. The monoisotopic (exact) mass is 582 g/mol. The van der Waals surface area contributed by atoms with Crippen LogP contribution in [0.5, 0.6) is 0 Å². The molecule has 0 aliphatic carbocycles. The van der Waals surface area contributed by atoms with Crippen LogP contribution in [-0.2, 0) is 25.9 Å². The Morgan fingerprint density at radius 3 is 2.33 bits per heavy atom. The highest BCUT2D eigenvalue weighted by Crippen LogP contribution is 2.26. The Hall–Kier alpha value is -3.92. The first-order valence-electron chi connectivity index (χ1n) is 11.9. The summed E-state index contributed by atoms with van der Waals surface area (Å²) in [4.78, 5) is 27.9. The standard InChI is InChI=1S/C27H21Cl3N6O3/c28-19-9-7-17(8-10-19)25-34-36(27(39)35(25)12-11-16-3-1-4-18(13-16)26(37)38)15-24-31-23(32-33-24)14-20-21(29)5-2-6-22(20)30/h1-10,13H,11-12,14-15H2,(H,37,38)(H,31,32,33). The number of hydrogen-bond acceptors (Lipinski definition) is 5. The highest BCUT2D eigenvalue weighted by Gasteiger charge is 2.18. The molecule has 5 rings (SSSR count). The van der Waals surface area contributed by atoms with E-state index in [0.717, 1.165) is 11.1 Å². The first kappa shape index (κ1) is 26.7. The van der Waals surface area contributed by atoms with Gasteiger partial charge in [-0.3, -0.25) is 4.57 Å². The molecule has 2 heterocycles. The maximum Gasteiger partial charge on any atom is 0.346 e. The van der Waals surface area contributed by atoms with E-state index in [2.05, 4.69) is 20.3 Å². The lowest BCUT2D eigenvalue weighted by Gasteiger charge is -2.07. The van der Waals surface area contributed by atoms with Crippen molar-refractivity contribution in [3.8, 4) is 11.4 Å². The average molecular weight is 584 g/mol. The molecule has 0 spiro atoms. The molecule has 9 nitrogen and oxygen atoms in total. The van der Waals surface area contributed by atoms with Crippen LogP contribution in [0.25, 0.3) is 11.4 Å². The number of aromatic carboxylic acids is 1. The molecule has 2 aromatic heterocycles. The van der Waals surface area contributed by atoms with E-state index in [4.69, 9.17) is 34.8 Å². The lowest BCUT2D eigenvalue weighted by molar-refractivity contribution is 0.0696. The minimum absolute atomic E-state index is 0.0597. The summed E-state index contributed by atoms with van der Waals surface area (Å²) in [5, 5.41) is 23.9. The topological polar surface area (TPSA) is 119 Å². The molecule has 0 fully saturated rings. The van der Waals surface area contributed by atoms with Crippen molar-refractivity contribution in [3.05, 3.63) is 121 Å². The van der Waals surface area contributed by atoms with Crippen LogP contribution in [0.15, 0.2) is 71.5 Å². The van der Waals surface area contributed by atoms with Crippen LogP contribution in [0.4, 0.5) is 0 Å². The number of aryl methyl sites for hydroxylation is 1. The van der Waals surface area contributed by atoms with Gasteiger partial charge in [-0.2, -0.15) is 0 Å². The molecule has 0 unspecified atom stereocenters. The maximum absolute atomic E-state index is 13.5.